The number of hydrogen-bond donors (Lipinski definition) is 2. The number of carbonyl (C=O) groups excluding carboxylic acids is 1. The van der Waals surface area contributed by atoms with Crippen molar-refractivity contribution < 1.29 is 13.6 Å². The fourth-order valence-electron chi connectivity index (χ4n) is 1.33. The van der Waals surface area contributed by atoms with E-state index in [2.05, 4.69) is 10.6 Å². The molecule has 0 unspecified atom stereocenters. The molecule has 1 aromatic heterocycles. The first-order valence-corrected chi connectivity index (χ1v) is 6.05. The summed E-state index contributed by atoms with van der Waals surface area (Å²) in [5, 5.41) is 6.94. The van der Waals surface area contributed by atoms with Gasteiger partial charge >= 0.3 is 6.03 Å². The number of benzene rings is 1. The molecule has 0 aliphatic heterocycles. The Bertz CT molecular complexity index is 543. The molecule has 1 aromatic carbocycles. The van der Waals surface area contributed by atoms with Crippen LogP contribution in [-0.2, 0) is 6.54 Å². The zero-order valence-corrected chi connectivity index (χ0v) is 10.1. The number of carbonyl (C=O) groups is 1. The summed E-state index contributed by atoms with van der Waals surface area (Å²) in [5.74, 6) is -1.94. The zero-order chi connectivity index (χ0) is 13.0. The minimum Gasteiger partial charge on any atom is -0.333 e. The van der Waals surface area contributed by atoms with Crippen molar-refractivity contribution in [2.75, 3.05) is 5.32 Å². The van der Waals surface area contributed by atoms with Crippen LogP contribution in [-0.4, -0.2) is 6.03 Å². The van der Waals surface area contributed by atoms with Gasteiger partial charge in [-0.3, -0.25) is 0 Å². The number of rotatable bonds is 3. The van der Waals surface area contributed by atoms with Crippen LogP contribution in [0.15, 0.2) is 35.7 Å². The SMILES string of the molecule is O=C(NCc1cccs1)Nc1ccc(F)c(F)c1. The lowest BCUT2D eigenvalue weighted by Gasteiger charge is -2.06. The highest BCUT2D eigenvalue weighted by Crippen LogP contribution is 2.13. The summed E-state index contributed by atoms with van der Waals surface area (Å²) in [6, 6.07) is 6.50. The lowest BCUT2D eigenvalue weighted by atomic mass is 10.3. The number of hydrogen-bond acceptors (Lipinski definition) is 2. The molecule has 0 aliphatic carbocycles. The number of thiophene rings is 1. The summed E-state index contributed by atoms with van der Waals surface area (Å²) in [4.78, 5) is 12.5. The van der Waals surface area contributed by atoms with Crippen LogP contribution in [0.25, 0.3) is 0 Å². The summed E-state index contributed by atoms with van der Waals surface area (Å²) >= 11 is 1.52. The van der Waals surface area contributed by atoms with Crippen LogP contribution in [0.1, 0.15) is 4.88 Å². The molecule has 2 rings (SSSR count). The molecule has 0 fully saturated rings. The third kappa shape index (κ3) is 3.27. The van der Waals surface area contributed by atoms with Crippen molar-refractivity contribution in [1.82, 2.24) is 5.32 Å². The van der Waals surface area contributed by atoms with Crippen molar-refractivity contribution >= 4 is 23.1 Å². The number of anilines is 1. The van der Waals surface area contributed by atoms with Crippen LogP contribution < -0.4 is 10.6 Å². The van der Waals surface area contributed by atoms with Crippen LogP contribution in [0.2, 0.25) is 0 Å². The fourth-order valence-corrected chi connectivity index (χ4v) is 1.97. The Balaban J connectivity index is 1.88. The van der Waals surface area contributed by atoms with Gasteiger partial charge in [-0.05, 0) is 23.6 Å². The summed E-state index contributed by atoms with van der Waals surface area (Å²) in [6.45, 7) is 0.396. The number of urea groups is 1. The predicted octanol–water partition coefficient (Wildman–Crippen LogP) is 3.35. The van der Waals surface area contributed by atoms with Crippen LogP contribution in [0.4, 0.5) is 19.3 Å². The maximum atomic E-state index is 12.9. The van der Waals surface area contributed by atoms with Gasteiger partial charge in [0, 0.05) is 16.6 Å². The third-order valence-electron chi connectivity index (χ3n) is 2.18. The summed E-state index contributed by atoms with van der Waals surface area (Å²) in [7, 11) is 0. The molecule has 0 aliphatic rings. The van der Waals surface area contributed by atoms with Gasteiger partial charge in [-0.15, -0.1) is 11.3 Å². The fraction of sp³-hybridized carbons (Fsp3) is 0.0833. The van der Waals surface area contributed by atoms with Crippen LogP contribution in [0.3, 0.4) is 0 Å². The number of nitrogens with one attached hydrogen (secondary N) is 2. The van der Waals surface area contributed by atoms with Crippen molar-refractivity contribution in [2.24, 2.45) is 0 Å². The first-order chi connectivity index (χ1) is 8.65. The average Bonchev–Trinajstić information content (AvgIpc) is 2.84. The van der Waals surface area contributed by atoms with E-state index in [1.165, 1.54) is 17.4 Å². The highest BCUT2D eigenvalue weighted by molar-refractivity contribution is 7.09. The Morgan fingerprint density at radius 1 is 1.22 bits per heavy atom. The maximum absolute atomic E-state index is 12.9. The van der Waals surface area contributed by atoms with Gasteiger partial charge in [0.25, 0.3) is 0 Å². The molecular formula is C12H10F2N2OS. The molecule has 0 bridgehead atoms. The maximum Gasteiger partial charge on any atom is 0.319 e. The topological polar surface area (TPSA) is 41.1 Å². The Labute approximate surface area is 106 Å². The summed E-state index contributed by atoms with van der Waals surface area (Å²) in [5.41, 5.74) is 0.206. The molecule has 2 N–H and O–H groups in total. The highest BCUT2D eigenvalue weighted by atomic mass is 32.1. The molecule has 0 atom stereocenters. The second-order valence-electron chi connectivity index (χ2n) is 3.52. The van der Waals surface area contributed by atoms with E-state index in [1.807, 2.05) is 17.5 Å². The molecule has 0 spiro atoms. The molecular weight excluding hydrogens is 258 g/mol. The quantitative estimate of drug-likeness (QED) is 0.880. The molecule has 6 heteroatoms. The molecule has 0 saturated carbocycles. The monoisotopic (exact) mass is 268 g/mol. The van der Waals surface area contributed by atoms with Gasteiger partial charge in [0.2, 0.25) is 0 Å². The van der Waals surface area contributed by atoms with E-state index in [1.54, 1.807) is 0 Å². The minimum absolute atomic E-state index is 0.206. The Morgan fingerprint density at radius 3 is 2.72 bits per heavy atom. The molecule has 3 nitrogen and oxygen atoms in total. The van der Waals surface area contributed by atoms with Crippen molar-refractivity contribution in [1.29, 1.82) is 0 Å². The number of halogens is 2. The predicted molar refractivity (Wildman–Crippen MR) is 66.5 cm³/mol. The second-order valence-corrected chi connectivity index (χ2v) is 4.55. The van der Waals surface area contributed by atoms with Crippen LogP contribution >= 0.6 is 11.3 Å². The van der Waals surface area contributed by atoms with Gasteiger partial charge in [-0.1, -0.05) is 6.07 Å². The molecule has 0 saturated heterocycles. The van der Waals surface area contributed by atoms with E-state index in [-0.39, 0.29) is 5.69 Å². The Morgan fingerprint density at radius 2 is 2.06 bits per heavy atom. The van der Waals surface area contributed by atoms with Gasteiger partial charge < -0.3 is 10.6 Å². The first kappa shape index (κ1) is 12.5. The summed E-state index contributed by atoms with van der Waals surface area (Å²) in [6.07, 6.45) is 0. The molecule has 94 valence electrons. The van der Waals surface area contributed by atoms with Crippen LogP contribution in [0.5, 0.6) is 0 Å². The second kappa shape index (κ2) is 5.59. The lowest BCUT2D eigenvalue weighted by Crippen LogP contribution is -2.27. The van der Waals surface area contributed by atoms with Crippen molar-refractivity contribution in [3.8, 4) is 0 Å². The zero-order valence-electron chi connectivity index (χ0n) is 9.24. The lowest BCUT2D eigenvalue weighted by molar-refractivity contribution is 0.252. The largest absolute Gasteiger partial charge is 0.333 e. The van der Waals surface area contributed by atoms with E-state index in [0.717, 1.165) is 17.0 Å². The average molecular weight is 268 g/mol. The molecule has 2 aromatic rings. The molecule has 1 heterocycles. The van der Waals surface area contributed by atoms with Gasteiger partial charge in [0.15, 0.2) is 11.6 Å². The van der Waals surface area contributed by atoms with Gasteiger partial charge in [0.05, 0.1) is 6.54 Å². The molecule has 2 amide bonds. The van der Waals surface area contributed by atoms with Crippen molar-refractivity contribution in [3.63, 3.8) is 0 Å². The Hall–Kier alpha value is -1.95. The molecule has 0 radical (unpaired) electrons. The van der Waals surface area contributed by atoms with E-state index >= 15 is 0 Å². The van der Waals surface area contributed by atoms with Gasteiger partial charge in [0.1, 0.15) is 0 Å². The highest BCUT2D eigenvalue weighted by Gasteiger charge is 2.05. The van der Waals surface area contributed by atoms with E-state index in [9.17, 15) is 13.6 Å². The standard InChI is InChI=1S/C12H10F2N2OS/c13-10-4-3-8(6-11(10)14)16-12(17)15-7-9-2-1-5-18-9/h1-6H,7H2,(H2,15,16,17). The number of amides is 2. The van der Waals surface area contributed by atoms with E-state index in [4.69, 9.17) is 0 Å². The van der Waals surface area contributed by atoms with Crippen LogP contribution in [0, 0.1) is 11.6 Å². The third-order valence-corrected chi connectivity index (χ3v) is 3.06. The van der Waals surface area contributed by atoms with Gasteiger partial charge in [-0.25, -0.2) is 13.6 Å². The smallest absolute Gasteiger partial charge is 0.319 e. The van der Waals surface area contributed by atoms with Crippen molar-refractivity contribution in [2.45, 2.75) is 6.54 Å². The Kier molecular flexibility index (Phi) is 3.88. The minimum atomic E-state index is -0.994. The van der Waals surface area contributed by atoms with E-state index < -0.39 is 17.7 Å². The first-order valence-electron chi connectivity index (χ1n) is 5.17. The normalized spacial score (nSPS) is 10.1. The van der Waals surface area contributed by atoms with E-state index in [0.29, 0.717) is 6.54 Å². The summed E-state index contributed by atoms with van der Waals surface area (Å²) < 4.78 is 25.6. The van der Waals surface area contributed by atoms with Crippen molar-refractivity contribution in [3.05, 3.63) is 52.2 Å². The molecule has 18 heavy (non-hydrogen) atoms. The van der Waals surface area contributed by atoms with Gasteiger partial charge in [-0.2, -0.15) is 0 Å².